The lowest BCUT2D eigenvalue weighted by atomic mass is 9.95. The van der Waals surface area contributed by atoms with E-state index in [1.807, 2.05) is 20.8 Å². The predicted molar refractivity (Wildman–Crippen MR) is 75.5 cm³/mol. The van der Waals surface area contributed by atoms with Crippen LogP contribution in [0, 0.1) is 17.8 Å². The van der Waals surface area contributed by atoms with Crippen molar-refractivity contribution in [2.45, 2.75) is 38.8 Å². The smallest absolute Gasteiger partial charge is 0.234 e. The molecule has 0 radical (unpaired) electrons. The van der Waals surface area contributed by atoms with E-state index in [1.165, 1.54) is 14.2 Å². The van der Waals surface area contributed by atoms with Gasteiger partial charge >= 0.3 is 0 Å². The van der Waals surface area contributed by atoms with E-state index < -0.39 is 11.9 Å². The first-order valence-electron chi connectivity index (χ1n) is 6.85. The summed E-state index contributed by atoms with van der Waals surface area (Å²) in [7, 11) is 3.02. The van der Waals surface area contributed by atoms with Crippen molar-refractivity contribution >= 4 is 5.78 Å². The average molecular weight is 300 g/mol. The molecule has 1 aliphatic heterocycles. The molecule has 0 bridgehead atoms. The van der Waals surface area contributed by atoms with Gasteiger partial charge in [-0.05, 0) is 19.8 Å². The van der Waals surface area contributed by atoms with Crippen LogP contribution in [0.5, 0.6) is 0 Å². The van der Waals surface area contributed by atoms with Gasteiger partial charge in [0.25, 0.3) is 0 Å². The molecule has 0 aromatic carbocycles. The van der Waals surface area contributed by atoms with Gasteiger partial charge < -0.3 is 23.7 Å². The minimum atomic E-state index is -0.725. The zero-order chi connectivity index (χ0) is 15.9. The van der Waals surface area contributed by atoms with Crippen molar-refractivity contribution in [3.63, 3.8) is 0 Å². The minimum absolute atomic E-state index is 0.0175. The molecule has 0 amide bonds. The van der Waals surface area contributed by atoms with Gasteiger partial charge in [-0.3, -0.25) is 4.79 Å². The van der Waals surface area contributed by atoms with E-state index in [1.54, 1.807) is 0 Å². The number of ether oxygens (including phenoxy) is 5. The maximum atomic E-state index is 12.2. The van der Waals surface area contributed by atoms with Crippen LogP contribution in [0.1, 0.15) is 20.8 Å². The molecule has 1 rings (SSSR count). The summed E-state index contributed by atoms with van der Waals surface area (Å²) in [5.74, 6) is 4.00. The zero-order valence-electron chi connectivity index (χ0n) is 13.3. The van der Waals surface area contributed by atoms with Crippen LogP contribution in [0.25, 0.3) is 0 Å². The van der Waals surface area contributed by atoms with Crippen molar-refractivity contribution in [2.24, 2.45) is 5.92 Å². The minimum Gasteiger partial charge on any atom is -0.372 e. The summed E-state index contributed by atoms with van der Waals surface area (Å²) in [6.07, 6.45) is -0.952. The standard InChI is InChI=1S/C15H24O6/c1-11(13-9-20-15(2,3)21-13)14(19-10-18-5)12(16)7-6-8-17-4/h11,13-14H,8-10H2,1-5H3/t11-,13+,14+/m0/s1. The van der Waals surface area contributed by atoms with Gasteiger partial charge in [0, 0.05) is 20.1 Å². The van der Waals surface area contributed by atoms with Gasteiger partial charge in [0.2, 0.25) is 5.78 Å². The largest absolute Gasteiger partial charge is 0.372 e. The molecule has 1 heterocycles. The molecule has 1 aliphatic rings. The van der Waals surface area contributed by atoms with Crippen LogP contribution in [0.4, 0.5) is 0 Å². The first-order chi connectivity index (χ1) is 9.91. The van der Waals surface area contributed by atoms with Crippen LogP contribution < -0.4 is 0 Å². The fourth-order valence-electron chi connectivity index (χ4n) is 2.04. The van der Waals surface area contributed by atoms with E-state index in [-0.39, 0.29) is 31.2 Å². The summed E-state index contributed by atoms with van der Waals surface area (Å²) in [6, 6.07) is 0. The lowest BCUT2D eigenvalue weighted by Crippen LogP contribution is -2.39. The maximum Gasteiger partial charge on any atom is 0.234 e. The van der Waals surface area contributed by atoms with E-state index in [2.05, 4.69) is 11.8 Å². The average Bonchev–Trinajstić information content (AvgIpc) is 2.79. The van der Waals surface area contributed by atoms with Crippen molar-refractivity contribution < 1.29 is 28.5 Å². The predicted octanol–water partition coefficient (Wildman–Crippen LogP) is 0.982. The molecule has 1 fully saturated rings. The van der Waals surface area contributed by atoms with Crippen LogP contribution in [-0.2, 0) is 28.5 Å². The Morgan fingerprint density at radius 3 is 2.62 bits per heavy atom. The highest BCUT2D eigenvalue weighted by molar-refractivity contribution is 5.99. The Labute approximate surface area is 126 Å². The summed E-state index contributed by atoms with van der Waals surface area (Å²) in [5.41, 5.74) is 0. The third-order valence-corrected chi connectivity index (χ3v) is 3.15. The zero-order valence-corrected chi connectivity index (χ0v) is 13.3. The first kappa shape index (κ1) is 18.1. The monoisotopic (exact) mass is 300 g/mol. The molecule has 6 nitrogen and oxygen atoms in total. The summed E-state index contributed by atoms with van der Waals surface area (Å²) in [4.78, 5) is 12.2. The Balaban J connectivity index is 2.72. The summed E-state index contributed by atoms with van der Waals surface area (Å²) < 4.78 is 26.5. The van der Waals surface area contributed by atoms with Gasteiger partial charge in [-0.15, -0.1) is 0 Å². The molecule has 0 spiro atoms. The topological polar surface area (TPSA) is 63.2 Å². The van der Waals surface area contributed by atoms with Gasteiger partial charge in [0.05, 0.1) is 12.7 Å². The number of rotatable bonds is 7. The highest BCUT2D eigenvalue weighted by Gasteiger charge is 2.40. The first-order valence-corrected chi connectivity index (χ1v) is 6.85. The van der Waals surface area contributed by atoms with Gasteiger partial charge in [0.1, 0.15) is 19.5 Å². The van der Waals surface area contributed by atoms with Crippen LogP contribution in [0.2, 0.25) is 0 Å². The summed E-state index contributed by atoms with van der Waals surface area (Å²) >= 11 is 0. The number of hydrogen-bond acceptors (Lipinski definition) is 6. The number of hydrogen-bond donors (Lipinski definition) is 0. The van der Waals surface area contributed by atoms with Crippen molar-refractivity contribution in [3.8, 4) is 11.8 Å². The quantitative estimate of drug-likeness (QED) is 0.397. The normalized spacial score (nSPS) is 23.2. The van der Waals surface area contributed by atoms with Crippen LogP contribution in [0.3, 0.4) is 0 Å². The third kappa shape index (κ3) is 5.73. The molecule has 21 heavy (non-hydrogen) atoms. The molecule has 0 aliphatic carbocycles. The molecule has 3 atom stereocenters. The molecule has 6 heteroatoms. The number of carbonyl (C=O) groups excluding carboxylic acids is 1. The van der Waals surface area contributed by atoms with Gasteiger partial charge in [-0.2, -0.15) is 0 Å². The van der Waals surface area contributed by atoms with Crippen molar-refractivity contribution in [1.82, 2.24) is 0 Å². The van der Waals surface area contributed by atoms with Crippen LogP contribution >= 0.6 is 0 Å². The Morgan fingerprint density at radius 2 is 2.10 bits per heavy atom. The Kier molecular flexibility index (Phi) is 7.29. The highest BCUT2D eigenvalue weighted by atomic mass is 16.7. The molecule has 0 saturated carbocycles. The summed E-state index contributed by atoms with van der Waals surface area (Å²) in [6.45, 7) is 6.19. The van der Waals surface area contributed by atoms with Crippen molar-refractivity contribution in [3.05, 3.63) is 0 Å². The fourth-order valence-corrected chi connectivity index (χ4v) is 2.04. The van der Waals surface area contributed by atoms with Crippen molar-refractivity contribution in [2.75, 3.05) is 34.2 Å². The number of Topliss-reactive ketones (excluding diaryl/α,β-unsaturated/α-hetero) is 1. The molecule has 120 valence electrons. The Morgan fingerprint density at radius 1 is 1.38 bits per heavy atom. The second kappa shape index (κ2) is 8.47. The highest BCUT2D eigenvalue weighted by Crippen LogP contribution is 2.29. The van der Waals surface area contributed by atoms with Crippen LogP contribution in [-0.4, -0.2) is 58.0 Å². The molecular formula is C15H24O6. The maximum absolute atomic E-state index is 12.2. The Hall–Kier alpha value is -0.970. The van der Waals surface area contributed by atoms with Crippen molar-refractivity contribution in [1.29, 1.82) is 0 Å². The molecule has 0 aromatic rings. The van der Waals surface area contributed by atoms with E-state index in [0.717, 1.165) is 0 Å². The SMILES string of the molecule is COCC#CC(=O)[C@H](OCOC)[C@@H](C)[C@H]1COC(C)(C)O1. The Bertz CT molecular complexity index is 395. The molecule has 0 unspecified atom stereocenters. The van der Waals surface area contributed by atoms with Gasteiger partial charge in [-0.1, -0.05) is 12.8 Å². The van der Waals surface area contributed by atoms with E-state index in [9.17, 15) is 4.79 Å². The van der Waals surface area contributed by atoms with Gasteiger partial charge in [0.15, 0.2) is 5.79 Å². The molecule has 0 N–H and O–H groups in total. The molecule has 1 saturated heterocycles. The summed E-state index contributed by atoms with van der Waals surface area (Å²) in [5, 5.41) is 0. The third-order valence-electron chi connectivity index (χ3n) is 3.15. The number of methoxy groups -OCH3 is 2. The lowest BCUT2D eigenvalue weighted by molar-refractivity contribution is -0.163. The van der Waals surface area contributed by atoms with E-state index in [0.29, 0.717) is 6.61 Å². The number of ketones is 1. The number of carbonyl (C=O) groups is 1. The molecular weight excluding hydrogens is 276 g/mol. The second-order valence-corrected chi connectivity index (χ2v) is 5.32. The second-order valence-electron chi connectivity index (χ2n) is 5.32. The molecule has 0 aromatic heterocycles. The van der Waals surface area contributed by atoms with Gasteiger partial charge in [-0.25, -0.2) is 0 Å². The van der Waals surface area contributed by atoms with Crippen LogP contribution in [0.15, 0.2) is 0 Å². The lowest BCUT2D eigenvalue weighted by Gasteiger charge is -2.26. The fraction of sp³-hybridized carbons (Fsp3) is 0.800. The van der Waals surface area contributed by atoms with E-state index in [4.69, 9.17) is 23.7 Å². The van der Waals surface area contributed by atoms with E-state index >= 15 is 0 Å².